The molecule has 0 atom stereocenters. The summed E-state index contributed by atoms with van der Waals surface area (Å²) < 4.78 is 0. The summed E-state index contributed by atoms with van der Waals surface area (Å²) in [6, 6.07) is 76.8. The van der Waals surface area contributed by atoms with E-state index in [4.69, 9.17) is 0 Å². The number of rotatable bonds is 9. The van der Waals surface area contributed by atoms with Crippen molar-refractivity contribution in [3.05, 3.63) is 212 Å². The van der Waals surface area contributed by atoms with Crippen molar-refractivity contribution in [1.29, 1.82) is 0 Å². The zero-order chi connectivity index (χ0) is 36.1. The summed E-state index contributed by atoms with van der Waals surface area (Å²) in [7, 11) is 0. The molecule has 0 unspecified atom stereocenters. The van der Waals surface area contributed by atoms with Gasteiger partial charge in [-0.25, -0.2) is 0 Å². The molecule has 1 saturated carbocycles. The second-order valence-electron chi connectivity index (χ2n) is 14.3. The van der Waals surface area contributed by atoms with Gasteiger partial charge in [0.05, 0.1) is 0 Å². The van der Waals surface area contributed by atoms with E-state index in [0.717, 1.165) is 35.5 Å². The lowest BCUT2D eigenvalue weighted by atomic mass is 9.80. The van der Waals surface area contributed by atoms with Gasteiger partial charge < -0.3 is 9.80 Å². The minimum atomic E-state index is 0.443. The summed E-state index contributed by atoms with van der Waals surface area (Å²) in [6.45, 7) is 0. The lowest BCUT2D eigenvalue weighted by molar-refractivity contribution is 0.392. The van der Waals surface area contributed by atoms with E-state index in [1.54, 1.807) is 0 Å². The van der Waals surface area contributed by atoms with Gasteiger partial charge in [0.1, 0.15) is 0 Å². The molecule has 0 saturated heterocycles. The highest BCUT2D eigenvalue weighted by molar-refractivity contribution is 5.96. The number of benzene rings is 7. The average Bonchev–Trinajstić information content (AvgIpc) is 3.26. The van der Waals surface area contributed by atoms with E-state index in [2.05, 4.69) is 204 Å². The topological polar surface area (TPSA) is 6.48 Å². The Morgan fingerprint density at radius 1 is 0.407 bits per heavy atom. The van der Waals surface area contributed by atoms with Gasteiger partial charge >= 0.3 is 0 Å². The molecular formula is C52H42N2. The van der Waals surface area contributed by atoms with Crippen LogP contribution in [-0.2, 0) is 0 Å². The molecule has 8 aromatic carbocycles. The summed E-state index contributed by atoms with van der Waals surface area (Å²) in [4.78, 5) is 4.98. The number of hydrogen-bond acceptors (Lipinski definition) is 2. The van der Waals surface area contributed by atoms with Gasteiger partial charge in [-0.2, -0.15) is 0 Å². The Labute approximate surface area is 319 Å². The molecule has 2 nitrogen and oxygen atoms in total. The number of nitrogens with zero attached hydrogens (tertiary/aromatic N) is 2. The first-order chi connectivity index (χ1) is 26.8. The van der Waals surface area contributed by atoms with Gasteiger partial charge in [-0.3, -0.25) is 0 Å². The molecule has 0 spiro atoms. The smallest absolute Gasteiger partial charge is 0.0493 e. The van der Waals surface area contributed by atoms with E-state index in [0.29, 0.717) is 12.0 Å². The zero-order valence-corrected chi connectivity index (χ0v) is 30.4. The van der Waals surface area contributed by atoms with Gasteiger partial charge in [-0.05, 0) is 138 Å². The van der Waals surface area contributed by atoms with Crippen molar-refractivity contribution < 1.29 is 0 Å². The molecule has 0 radical (unpaired) electrons. The van der Waals surface area contributed by atoms with Crippen LogP contribution in [0.3, 0.4) is 0 Å². The Hall–Kier alpha value is -6.56. The molecule has 0 heterocycles. The van der Waals surface area contributed by atoms with Crippen LogP contribution in [0, 0.1) is 12.1 Å². The van der Waals surface area contributed by atoms with Crippen LogP contribution in [0.15, 0.2) is 194 Å². The SMILES string of the molecule is c1ccc(-c2ccc(N(c3ccc(-c4ccccc4)cc3)c3ccc(C4CCC(N(c5ccccc5)c5cccc6ccccc56)CC4)cc3)cc2)cc#1. The largest absolute Gasteiger partial charge is 0.338 e. The first-order valence-electron chi connectivity index (χ1n) is 19.1. The third kappa shape index (κ3) is 6.85. The van der Waals surface area contributed by atoms with Crippen LogP contribution >= 0.6 is 0 Å². The number of para-hydroxylation sites is 1. The Bertz CT molecular complexity index is 2330. The van der Waals surface area contributed by atoms with E-state index in [-0.39, 0.29) is 0 Å². The predicted octanol–water partition coefficient (Wildman–Crippen LogP) is 14.1. The average molecular weight is 695 g/mol. The van der Waals surface area contributed by atoms with Crippen molar-refractivity contribution in [2.24, 2.45) is 0 Å². The second-order valence-corrected chi connectivity index (χ2v) is 14.3. The third-order valence-electron chi connectivity index (χ3n) is 11.1. The van der Waals surface area contributed by atoms with Crippen LogP contribution in [0.25, 0.3) is 33.0 Å². The molecule has 1 fully saturated rings. The maximum atomic E-state index is 3.09. The monoisotopic (exact) mass is 694 g/mol. The van der Waals surface area contributed by atoms with Crippen molar-refractivity contribution in [2.45, 2.75) is 37.6 Å². The Kier molecular flexibility index (Phi) is 9.37. The van der Waals surface area contributed by atoms with Gasteiger partial charge in [0.2, 0.25) is 0 Å². The summed E-state index contributed by atoms with van der Waals surface area (Å²) in [5.74, 6) is 0.540. The fourth-order valence-electron chi connectivity index (χ4n) is 8.33. The lowest BCUT2D eigenvalue weighted by Crippen LogP contribution is -2.34. The van der Waals surface area contributed by atoms with Crippen LogP contribution < -0.4 is 9.80 Å². The maximum Gasteiger partial charge on any atom is 0.0493 e. The number of anilines is 5. The minimum Gasteiger partial charge on any atom is -0.338 e. The lowest BCUT2D eigenvalue weighted by Gasteiger charge is -2.39. The van der Waals surface area contributed by atoms with Crippen LogP contribution in [0.5, 0.6) is 0 Å². The Morgan fingerprint density at radius 2 is 0.963 bits per heavy atom. The molecule has 260 valence electrons. The molecule has 8 aromatic rings. The fraction of sp³-hybridized carbons (Fsp3) is 0.115. The molecule has 0 aliphatic heterocycles. The molecule has 0 amide bonds. The van der Waals surface area contributed by atoms with Crippen LogP contribution in [0.4, 0.5) is 28.4 Å². The van der Waals surface area contributed by atoms with E-state index in [1.165, 1.54) is 57.2 Å². The van der Waals surface area contributed by atoms with Crippen molar-refractivity contribution in [1.82, 2.24) is 0 Å². The Morgan fingerprint density at radius 3 is 1.61 bits per heavy atom. The van der Waals surface area contributed by atoms with Crippen LogP contribution in [-0.4, -0.2) is 6.04 Å². The molecule has 1 aliphatic rings. The molecule has 54 heavy (non-hydrogen) atoms. The van der Waals surface area contributed by atoms with Gasteiger partial charge in [0.15, 0.2) is 0 Å². The first kappa shape index (κ1) is 33.3. The summed E-state index contributed by atoms with van der Waals surface area (Å²) in [6.07, 6.45) is 4.62. The third-order valence-corrected chi connectivity index (χ3v) is 11.1. The summed E-state index contributed by atoms with van der Waals surface area (Å²) in [5.41, 5.74) is 12.2. The molecular weight excluding hydrogens is 653 g/mol. The van der Waals surface area contributed by atoms with Crippen molar-refractivity contribution in [3.63, 3.8) is 0 Å². The summed E-state index contributed by atoms with van der Waals surface area (Å²) >= 11 is 0. The molecule has 0 bridgehead atoms. The second kappa shape index (κ2) is 15.2. The molecule has 1 aliphatic carbocycles. The highest BCUT2D eigenvalue weighted by Gasteiger charge is 2.29. The van der Waals surface area contributed by atoms with E-state index < -0.39 is 0 Å². The van der Waals surface area contributed by atoms with Gasteiger partial charge in [0.25, 0.3) is 0 Å². The predicted molar refractivity (Wildman–Crippen MR) is 227 cm³/mol. The number of fused-ring (bicyclic) bond motifs is 1. The zero-order valence-electron chi connectivity index (χ0n) is 30.4. The maximum absolute atomic E-state index is 3.09. The van der Waals surface area contributed by atoms with Crippen molar-refractivity contribution in [3.8, 4) is 22.3 Å². The standard InChI is InChI=1S/C52H42N2/c1-4-13-39(14-5-1)41-23-31-47(32-24-41)53(48-33-25-42(26-34-48)40-15-6-2-7-16-40)49-35-27-43(28-36-49)44-29-37-50(38-30-44)54(46-19-8-3-9-20-46)52-22-12-18-45-17-10-11-21-51(45)52/h1,3-6,8-28,31-36,44,50H,29-30,37-38H2. The van der Waals surface area contributed by atoms with Gasteiger partial charge in [-0.15, -0.1) is 0 Å². The molecule has 0 N–H and O–H groups in total. The van der Waals surface area contributed by atoms with Crippen molar-refractivity contribution >= 4 is 39.2 Å². The van der Waals surface area contributed by atoms with Crippen LogP contribution in [0.2, 0.25) is 0 Å². The van der Waals surface area contributed by atoms with E-state index >= 15 is 0 Å². The van der Waals surface area contributed by atoms with Crippen molar-refractivity contribution in [2.75, 3.05) is 9.80 Å². The minimum absolute atomic E-state index is 0.443. The normalized spacial score (nSPS) is 15.3. The van der Waals surface area contributed by atoms with E-state index in [1.807, 2.05) is 12.1 Å². The first-order valence-corrected chi connectivity index (χ1v) is 19.1. The highest BCUT2D eigenvalue weighted by atomic mass is 15.2. The number of hydrogen-bond donors (Lipinski definition) is 0. The molecule has 0 aromatic heterocycles. The van der Waals surface area contributed by atoms with Gasteiger partial charge in [-0.1, -0.05) is 133 Å². The molecule has 9 rings (SSSR count). The Balaban J connectivity index is 0.979. The molecule has 2 heteroatoms. The quantitative estimate of drug-likeness (QED) is 0.148. The highest BCUT2D eigenvalue weighted by Crippen LogP contribution is 2.43. The van der Waals surface area contributed by atoms with Gasteiger partial charge in [0, 0.05) is 39.9 Å². The van der Waals surface area contributed by atoms with E-state index in [9.17, 15) is 0 Å². The fourth-order valence-corrected chi connectivity index (χ4v) is 8.33. The summed E-state index contributed by atoms with van der Waals surface area (Å²) in [5, 5.41) is 2.60. The van der Waals surface area contributed by atoms with Crippen LogP contribution in [0.1, 0.15) is 37.2 Å².